The van der Waals surface area contributed by atoms with Gasteiger partial charge in [-0.3, -0.25) is 0 Å². The van der Waals surface area contributed by atoms with Gasteiger partial charge < -0.3 is 14.7 Å². The first-order valence-electron chi connectivity index (χ1n) is 12.1. The summed E-state index contributed by atoms with van der Waals surface area (Å²) in [5, 5.41) is 10.3. The Morgan fingerprint density at radius 3 is 2.16 bits per heavy atom. The molecule has 0 amide bonds. The molecule has 1 aliphatic carbocycles. The average Bonchev–Trinajstić information content (AvgIpc) is 2.84. The van der Waals surface area contributed by atoms with E-state index in [0.717, 1.165) is 10.5 Å². The lowest BCUT2D eigenvalue weighted by Gasteiger charge is -2.47. The van der Waals surface area contributed by atoms with Crippen molar-refractivity contribution in [2.24, 2.45) is 5.41 Å². The first-order valence-corrected chi connectivity index (χ1v) is 12.5. The van der Waals surface area contributed by atoms with E-state index in [1.54, 1.807) is 18.2 Å². The molecule has 0 bridgehead atoms. The number of alkyl halides is 8. The number of hydrogen-bond donors (Lipinski definition) is 1. The maximum Gasteiger partial charge on any atom is 0.453 e. The molecule has 0 spiro atoms. The van der Waals surface area contributed by atoms with Crippen molar-refractivity contribution < 1.29 is 45.0 Å². The van der Waals surface area contributed by atoms with E-state index in [2.05, 4.69) is 0 Å². The SMILES string of the molecule is CCc1cc(Oc2cccc(N(CC(O)C(F)(F)F)CC3(C(F)(F)C(F)(F)F)CCCCC3)c2)ccc1Cl. The number of aryl methyl sites for hydroxylation is 1. The fourth-order valence-corrected chi connectivity index (χ4v) is 5.06. The molecule has 38 heavy (non-hydrogen) atoms. The Labute approximate surface area is 220 Å². The highest BCUT2D eigenvalue weighted by atomic mass is 35.5. The first-order chi connectivity index (χ1) is 17.6. The summed E-state index contributed by atoms with van der Waals surface area (Å²) < 4.78 is 116. The van der Waals surface area contributed by atoms with E-state index >= 15 is 0 Å². The van der Waals surface area contributed by atoms with Crippen molar-refractivity contribution in [3.63, 3.8) is 0 Å². The fourth-order valence-electron chi connectivity index (χ4n) is 4.80. The standard InChI is InChI=1S/C26H28ClF8NO2/c1-2-17-13-20(9-10-21(17)27)38-19-8-6-7-18(14-19)36(15-22(37)24(28,29)30)16-23(11-4-3-5-12-23)25(31,32)26(33,34)35/h6-10,13-14,22,37H,2-5,11-12,15-16H2,1H3. The van der Waals surface area contributed by atoms with Crippen molar-refractivity contribution in [1.82, 2.24) is 0 Å². The second kappa shape index (κ2) is 11.5. The average molecular weight is 574 g/mol. The van der Waals surface area contributed by atoms with E-state index in [4.69, 9.17) is 16.3 Å². The van der Waals surface area contributed by atoms with Crippen LogP contribution in [0.5, 0.6) is 11.5 Å². The summed E-state index contributed by atoms with van der Waals surface area (Å²) in [7, 11) is 0. The molecule has 0 saturated heterocycles. The van der Waals surface area contributed by atoms with Crippen LogP contribution in [-0.2, 0) is 6.42 Å². The van der Waals surface area contributed by atoms with E-state index in [1.165, 1.54) is 24.3 Å². The smallest absolute Gasteiger partial charge is 0.453 e. The largest absolute Gasteiger partial charge is 0.457 e. The molecule has 3 nitrogen and oxygen atoms in total. The molecular weight excluding hydrogens is 546 g/mol. The molecule has 12 heteroatoms. The number of aliphatic hydroxyl groups is 1. The van der Waals surface area contributed by atoms with Crippen LogP contribution in [0.1, 0.15) is 44.6 Å². The zero-order valence-electron chi connectivity index (χ0n) is 20.5. The number of ether oxygens (including phenoxy) is 1. The number of aliphatic hydroxyl groups excluding tert-OH is 1. The van der Waals surface area contributed by atoms with E-state index in [1.807, 2.05) is 6.92 Å². The molecule has 0 heterocycles. The van der Waals surface area contributed by atoms with E-state index in [-0.39, 0.29) is 24.3 Å². The Morgan fingerprint density at radius 2 is 1.58 bits per heavy atom. The van der Waals surface area contributed by atoms with Crippen LogP contribution in [-0.4, -0.2) is 42.6 Å². The second-order valence-corrected chi connectivity index (χ2v) is 9.96. The molecule has 0 aliphatic heterocycles. The van der Waals surface area contributed by atoms with Gasteiger partial charge >= 0.3 is 18.3 Å². The first kappa shape index (κ1) is 30.3. The molecule has 212 valence electrons. The second-order valence-electron chi connectivity index (χ2n) is 9.56. The van der Waals surface area contributed by atoms with Crippen molar-refractivity contribution in [1.29, 1.82) is 0 Å². The Hall–Kier alpha value is -2.27. The molecule has 1 saturated carbocycles. The number of halogens is 9. The third-order valence-corrected chi connectivity index (χ3v) is 7.28. The summed E-state index contributed by atoms with van der Waals surface area (Å²) in [4.78, 5) is 0.745. The van der Waals surface area contributed by atoms with Gasteiger partial charge in [-0.05, 0) is 55.2 Å². The van der Waals surface area contributed by atoms with Gasteiger partial charge in [0.05, 0.1) is 12.0 Å². The zero-order valence-corrected chi connectivity index (χ0v) is 21.2. The van der Waals surface area contributed by atoms with Gasteiger partial charge in [-0.1, -0.05) is 43.9 Å². The van der Waals surface area contributed by atoms with Crippen molar-refractivity contribution in [3.05, 3.63) is 53.1 Å². The predicted octanol–water partition coefficient (Wildman–Crippen LogP) is 8.57. The fraction of sp³-hybridized carbons (Fsp3) is 0.538. The van der Waals surface area contributed by atoms with Crippen LogP contribution >= 0.6 is 11.6 Å². The molecule has 1 fully saturated rings. The van der Waals surface area contributed by atoms with Crippen molar-refractivity contribution >= 4 is 17.3 Å². The summed E-state index contributed by atoms with van der Waals surface area (Å²) in [6.07, 6.45) is -13.9. The minimum absolute atomic E-state index is 0.0703. The number of rotatable bonds is 9. The van der Waals surface area contributed by atoms with Crippen LogP contribution in [0.2, 0.25) is 5.02 Å². The lowest BCUT2D eigenvalue weighted by molar-refractivity contribution is -0.329. The maximum absolute atomic E-state index is 14.9. The van der Waals surface area contributed by atoms with Crippen molar-refractivity contribution in [3.8, 4) is 11.5 Å². The van der Waals surface area contributed by atoms with Crippen LogP contribution in [0.15, 0.2) is 42.5 Å². The van der Waals surface area contributed by atoms with Gasteiger partial charge in [0.2, 0.25) is 0 Å². The highest BCUT2D eigenvalue weighted by molar-refractivity contribution is 6.31. The minimum atomic E-state index is -5.89. The number of benzene rings is 2. The van der Waals surface area contributed by atoms with Crippen molar-refractivity contribution in [2.45, 2.75) is 69.8 Å². The molecule has 2 aromatic rings. The summed E-state index contributed by atoms with van der Waals surface area (Å²) in [5.41, 5.74) is -2.00. The summed E-state index contributed by atoms with van der Waals surface area (Å²) in [6.45, 7) is -0.409. The lowest BCUT2D eigenvalue weighted by atomic mass is 9.68. The lowest BCUT2D eigenvalue weighted by Crippen LogP contribution is -2.58. The molecule has 2 aromatic carbocycles. The number of hydrogen-bond acceptors (Lipinski definition) is 3. The molecule has 0 aromatic heterocycles. The highest BCUT2D eigenvalue weighted by Crippen LogP contribution is 2.56. The van der Waals surface area contributed by atoms with Crippen molar-refractivity contribution in [2.75, 3.05) is 18.0 Å². The Bertz CT molecular complexity index is 1080. The molecule has 1 aliphatic rings. The van der Waals surface area contributed by atoms with Crippen LogP contribution in [0.25, 0.3) is 0 Å². The van der Waals surface area contributed by atoms with Gasteiger partial charge in [-0.15, -0.1) is 0 Å². The van der Waals surface area contributed by atoms with E-state index in [0.29, 0.717) is 23.6 Å². The van der Waals surface area contributed by atoms with E-state index in [9.17, 15) is 40.2 Å². The predicted molar refractivity (Wildman–Crippen MR) is 128 cm³/mol. The van der Waals surface area contributed by atoms with Crippen LogP contribution < -0.4 is 9.64 Å². The Kier molecular flexibility index (Phi) is 9.13. The topological polar surface area (TPSA) is 32.7 Å². The third-order valence-electron chi connectivity index (χ3n) is 6.91. The summed E-state index contributed by atoms with van der Waals surface area (Å²) >= 11 is 6.11. The summed E-state index contributed by atoms with van der Waals surface area (Å²) in [5.74, 6) is -4.70. The van der Waals surface area contributed by atoms with Crippen LogP contribution in [0, 0.1) is 5.41 Å². The third kappa shape index (κ3) is 6.65. The van der Waals surface area contributed by atoms with Gasteiger partial charge in [0, 0.05) is 23.3 Å². The number of anilines is 1. The van der Waals surface area contributed by atoms with Crippen LogP contribution in [0.3, 0.4) is 0 Å². The Balaban J connectivity index is 2.01. The quantitative estimate of drug-likeness (QED) is 0.305. The van der Waals surface area contributed by atoms with Gasteiger partial charge in [0.1, 0.15) is 11.5 Å². The van der Waals surface area contributed by atoms with Crippen LogP contribution in [0.4, 0.5) is 40.8 Å². The minimum Gasteiger partial charge on any atom is -0.457 e. The zero-order chi connectivity index (χ0) is 28.4. The molecule has 1 N–H and O–H groups in total. The van der Waals surface area contributed by atoms with Gasteiger partial charge in [0.25, 0.3) is 0 Å². The van der Waals surface area contributed by atoms with Gasteiger partial charge in [-0.25, -0.2) is 0 Å². The molecule has 1 atom stereocenters. The monoisotopic (exact) mass is 573 g/mol. The Morgan fingerprint density at radius 1 is 0.947 bits per heavy atom. The van der Waals surface area contributed by atoms with E-state index < -0.39 is 55.7 Å². The molecule has 1 unspecified atom stereocenters. The maximum atomic E-state index is 14.9. The molecule has 0 radical (unpaired) electrons. The molecule has 3 rings (SSSR count). The molecular formula is C26H28ClF8NO2. The number of nitrogens with zero attached hydrogens (tertiary/aromatic N) is 1. The van der Waals surface area contributed by atoms with Gasteiger partial charge in [0.15, 0.2) is 6.10 Å². The highest BCUT2D eigenvalue weighted by Gasteiger charge is 2.69. The normalized spacial score (nSPS) is 17.2. The summed E-state index contributed by atoms with van der Waals surface area (Å²) in [6, 6.07) is 10.2. The van der Waals surface area contributed by atoms with Gasteiger partial charge in [-0.2, -0.15) is 35.1 Å².